The van der Waals surface area contributed by atoms with E-state index in [1.54, 1.807) is 16.6 Å². The zero-order valence-electron chi connectivity index (χ0n) is 28.1. The molecule has 0 saturated heterocycles. The van der Waals surface area contributed by atoms with Crippen molar-refractivity contribution in [1.29, 1.82) is 0 Å². The van der Waals surface area contributed by atoms with Crippen LogP contribution in [0.25, 0.3) is 0 Å². The molecule has 1 atom stereocenters. The van der Waals surface area contributed by atoms with Crippen molar-refractivity contribution in [2.24, 2.45) is 0 Å². The molecule has 0 radical (unpaired) electrons. The maximum absolute atomic E-state index is 3.05. The van der Waals surface area contributed by atoms with E-state index in [2.05, 4.69) is 121 Å². The van der Waals surface area contributed by atoms with Crippen LogP contribution in [0.15, 0.2) is 109 Å². The molecule has 46 heavy (non-hydrogen) atoms. The summed E-state index contributed by atoms with van der Waals surface area (Å²) in [6, 6.07) is 42.4. The van der Waals surface area contributed by atoms with Crippen LogP contribution in [0.5, 0.6) is 0 Å². The highest BCUT2D eigenvalue weighted by atomic mass is 31.1. The Bertz CT molecular complexity index is 1380. The van der Waals surface area contributed by atoms with E-state index in [0.29, 0.717) is 6.04 Å². The van der Waals surface area contributed by atoms with Crippen molar-refractivity contribution in [2.45, 2.75) is 126 Å². The molecular weight excluding hydrogens is 573 g/mol. The summed E-state index contributed by atoms with van der Waals surface area (Å²) >= 11 is 0. The Morgan fingerprint density at radius 2 is 1.00 bits per heavy atom. The van der Waals surface area contributed by atoms with Crippen molar-refractivity contribution in [3.05, 3.63) is 131 Å². The normalized spacial score (nSPS) is 19.7. The third-order valence-corrected chi connectivity index (χ3v) is 15.0. The van der Waals surface area contributed by atoms with E-state index in [1.807, 2.05) is 0 Å². The van der Waals surface area contributed by atoms with Crippen molar-refractivity contribution >= 4 is 18.9 Å². The van der Waals surface area contributed by atoms with Gasteiger partial charge in [-0.25, -0.2) is 0 Å². The lowest BCUT2D eigenvalue weighted by Gasteiger charge is -2.54. The van der Waals surface area contributed by atoms with E-state index in [4.69, 9.17) is 0 Å². The lowest BCUT2D eigenvalue weighted by Crippen LogP contribution is -2.60. The molecule has 0 aromatic heterocycles. The first kappa shape index (κ1) is 31.7. The quantitative estimate of drug-likeness (QED) is 0.158. The molecule has 0 N–H and O–H groups in total. The molecule has 2 saturated carbocycles. The Hall–Kier alpha value is -2.89. The third kappa shape index (κ3) is 7.01. The van der Waals surface area contributed by atoms with E-state index >= 15 is 0 Å². The summed E-state index contributed by atoms with van der Waals surface area (Å²) in [5, 5.41) is 1.77. The van der Waals surface area contributed by atoms with Crippen molar-refractivity contribution in [3.8, 4) is 0 Å². The fourth-order valence-electron chi connectivity index (χ4n) is 9.46. The Morgan fingerprint density at radius 1 is 0.543 bits per heavy atom. The fraction of sp³-hybridized carbons (Fsp3) is 0.455. The van der Waals surface area contributed by atoms with E-state index in [-0.39, 0.29) is 13.5 Å². The minimum atomic E-state index is -0.219. The van der Waals surface area contributed by atoms with Crippen molar-refractivity contribution in [1.82, 2.24) is 0 Å². The maximum atomic E-state index is 3.05. The SMILES string of the molecule is CC1CCc2cccc(P(C3CCCCC3)C3CCCCC3)c2N1C(Cc1ccccc1)(Cc1ccccc1)Cc1ccccc1. The van der Waals surface area contributed by atoms with Gasteiger partial charge in [-0.15, -0.1) is 0 Å². The molecular formula is C44H54NP. The first-order chi connectivity index (χ1) is 22.7. The number of fused-ring (bicyclic) bond motifs is 1. The number of para-hydroxylation sites is 1. The zero-order valence-corrected chi connectivity index (χ0v) is 29.0. The molecule has 2 aliphatic carbocycles. The van der Waals surface area contributed by atoms with E-state index in [0.717, 1.165) is 30.6 Å². The lowest BCUT2D eigenvalue weighted by molar-refractivity contribution is 0.331. The Labute approximate surface area is 280 Å². The van der Waals surface area contributed by atoms with Crippen molar-refractivity contribution < 1.29 is 0 Å². The van der Waals surface area contributed by atoms with Crippen LogP contribution in [-0.2, 0) is 25.7 Å². The molecule has 2 fully saturated rings. The Morgan fingerprint density at radius 3 is 1.46 bits per heavy atom. The number of nitrogens with zero attached hydrogens (tertiary/aromatic N) is 1. The van der Waals surface area contributed by atoms with Gasteiger partial charge in [-0.3, -0.25) is 0 Å². The standard InChI is InChI=1S/C44H54NP/c1-35-30-31-39-24-17-29-42(46(40-25-13-5-14-26-40)41-27-15-6-16-28-41)43(39)45(35)44(32-36-18-7-2-8-19-36,33-37-20-9-3-10-21-37)34-38-22-11-4-12-23-38/h2-4,7-12,17-24,29,35,40-41H,5-6,13-16,25-28,30-34H2,1H3. The summed E-state index contributed by atoms with van der Waals surface area (Å²) in [5.41, 5.74) is 9.33. The minimum Gasteiger partial charge on any atom is -0.361 e. The van der Waals surface area contributed by atoms with Crippen LogP contribution in [0.4, 0.5) is 5.69 Å². The molecule has 4 aromatic carbocycles. The topological polar surface area (TPSA) is 3.24 Å². The van der Waals surface area contributed by atoms with Gasteiger partial charge in [-0.2, -0.15) is 0 Å². The summed E-state index contributed by atoms with van der Waals surface area (Å²) in [5.74, 6) is 0. The van der Waals surface area contributed by atoms with Crippen LogP contribution < -0.4 is 10.2 Å². The summed E-state index contributed by atoms with van der Waals surface area (Å²) in [7, 11) is -0.219. The van der Waals surface area contributed by atoms with Gasteiger partial charge in [0.25, 0.3) is 0 Å². The average molecular weight is 628 g/mol. The first-order valence-corrected chi connectivity index (χ1v) is 20.0. The fourth-order valence-corrected chi connectivity index (χ4v) is 13.4. The van der Waals surface area contributed by atoms with Crippen LogP contribution in [0.2, 0.25) is 0 Å². The molecule has 0 spiro atoms. The Balaban J connectivity index is 1.43. The molecule has 0 bridgehead atoms. The first-order valence-electron chi connectivity index (χ1n) is 18.5. The molecule has 4 aromatic rings. The highest BCUT2D eigenvalue weighted by molar-refractivity contribution is 7.67. The van der Waals surface area contributed by atoms with Gasteiger partial charge in [0.2, 0.25) is 0 Å². The predicted molar refractivity (Wildman–Crippen MR) is 200 cm³/mol. The van der Waals surface area contributed by atoms with E-state index in [9.17, 15) is 0 Å². The second-order valence-corrected chi connectivity index (χ2v) is 17.5. The molecule has 0 amide bonds. The highest BCUT2D eigenvalue weighted by Crippen LogP contribution is 2.57. The smallest absolute Gasteiger partial charge is 0.0526 e. The lowest BCUT2D eigenvalue weighted by atomic mass is 9.75. The molecule has 1 nitrogen and oxygen atoms in total. The number of hydrogen-bond acceptors (Lipinski definition) is 1. The largest absolute Gasteiger partial charge is 0.361 e. The van der Waals surface area contributed by atoms with E-state index in [1.165, 1.54) is 93.7 Å². The van der Waals surface area contributed by atoms with Gasteiger partial charge in [0.1, 0.15) is 0 Å². The molecule has 3 aliphatic rings. The van der Waals surface area contributed by atoms with Gasteiger partial charge in [0.15, 0.2) is 0 Å². The second-order valence-electron chi connectivity index (χ2n) is 14.7. The van der Waals surface area contributed by atoms with Crippen LogP contribution in [0.3, 0.4) is 0 Å². The maximum Gasteiger partial charge on any atom is 0.0526 e. The van der Waals surface area contributed by atoms with Gasteiger partial charge in [-0.1, -0.05) is 156 Å². The van der Waals surface area contributed by atoms with Gasteiger partial charge in [0, 0.05) is 17.0 Å². The summed E-state index contributed by atoms with van der Waals surface area (Å²) < 4.78 is 0. The van der Waals surface area contributed by atoms with Crippen LogP contribution in [-0.4, -0.2) is 22.9 Å². The minimum absolute atomic E-state index is 0.0884. The van der Waals surface area contributed by atoms with Gasteiger partial charge < -0.3 is 4.90 Å². The highest BCUT2D eigenvalue weighted by Gasteiger charge is 2.45. The zero-order chi connectivity index (χ0) is 31.2. The Kier molecular flexibility index (Phi) is 10.3. The van der Waals surface area contributed by atoms with Crippen molar-refractivity contribution in [2.75, 3.05) is 4.90 Å². The van der Waals surface area contributed by atoms with Crippen LogP contribution in [0, 0.1) is 0 Å². The summed E-state index contributed by atoms with van der Waals surface area (Å²) in [6.07, 6.45) is 20.0. The average Bonchev–Trinajstić information content (AvgIpc) is 3.11. The van der Waals surface area contributed by atoms with Crippen LogP contribution in [0.1, 0.15) is 99.8 Å². The number of aryl methyl sites for hydroxylation is 1. The monoisotopic (exact) mass is 627 g/mol. The number of hydrogen-bond donors (Lipinski definition) is 0. The number of rotatable bonds is 10. The molecule has 1 unspecified atom stereocenters. The molecule has 240 valence electrons. The molecule has 7 rings (SSSR count). The number of benzene rings is 4. The number of anilines is 1. The molecule has 1 heterocycles. The van der Waals surface area contributed by atoms with Gasteiger partial charge >= 0.3 is 0 Å². The van der Waals surface area contributed by atoms with E-state index < -0.39 is 0 Å². The van der Waals surface area contributed by atoms with Crippen molar-refractivity contribution in [3.63, 3.8) is 0 Å². The molecule has 2 heteroatoms. The van der Waals surface area contributed by atoms with Crippen LogP contribution >= 0.6 is 7.92 Å². The molecule has 1 aliphatic heterocycles. The summed E-state index contributed by atoms with van der Waals surface area (Å²) in [6.45, 7) is 2.55. The van der Waals surface area contributed by atoms with Gasteiger partial charge in [0.05, 0.1) is 5.54 Å². The summed E-state index contributed by atoms with van der Waals surface area (Å²) in [4.78, 5) is 3.05. The second kappa shape index (κ2) is 14.9. The van der Waals surface area contributed by atoms with Gasteiger partial charge in [-0.05, 0) is 98.3 Å². The third-order valence-electron chi connectivity index (χ3n) is 11.5. The predicted octanol–water partition coefficient (Wildman–Crippen LogP) is 11.1.